The first-order valence-corrected chi connectivity index (χ1v) is 11.5. The smallest absolute Gasteiger partial charge is 0.254 e. The van der Waals surface area contributed by atoms with Crippen LogP contribution in [-0.2, 0) is 28.8 Å². The molecule has 1 aliphatic carbocycles. The number of thiophene rings is 1. The number of hydrogen-bond donors (Lipinski definition) is 2. The molecule has 1 aliphatic heterocycles. The van der Waals surface area contributed by atoms with Crippen LogP contribution in [0, 0.1) is 0 Å². The molecule has 4 rings (SSSR count). The standard InChI is InChI=1S/C23H29N3O3S/c1-29-14-12-24-22(28)21-17-9-3-5-11-19(17)30-23(21)25-20(27)15-26-13-6-8-16-7-2-4-10-18(16)26/h2,4,7,10H,3,5-6,8-9,11-15H2,1H3,(H,24,28)(H,25,27). The van der Waals surface area contributed by atoms with E-state index in [1.54, 1.807) is 18.4 Å². The quantitative estimate of drug-likeness (QED) is 0.665. The number of nitrogens with one attached hydrogen (secondary N) is 2. The van der Waals surface area contributed by atoms with Crippen molar-refractivity contribution < 1.29 is 14.3 Å². The topological polar surface area (TPSA) is 70.7 Å². The highest BCUT2D eigenvalue weighted by Gasteiger charge is 2.27. The van der Waals surface area contributed by atoms with Crippen molar-refractivity contribution in [2.75, 3.05) is 43.6 Å². The summed E-state index contributed by atoms with van der Waals surface area (Å²) in [6.45, 7) is 2.09. The van der Waals surface area contributed by atoms with Crippen molar-refractivity contribution in [3.63, 3.8) is 0 Å². The molecule has 2 aliphatic rings. The van der Waals surface area contributed by atoms with Crippen molar-refractivity contribution in [3.8, 4) is 0 Å². The van der Waals surface area contributed by atoms with Crippen LogP contribution in [0.2, 0.25) is 0 Å². The number of anilines is 2. The van der Waals surface area contributed by atoms with E-state index in [9.17, 15) is 9.59 Å². The predicted octanol–water partition coefficient (Wildman–Crippen LogP) is 3.39. The van der Waals surface area contributed by atoms with E-state index in [1.807, 2.05) is 12.1 Å². The summed E-state index contributed by atoms with van der Waals surface area (Å²) in [4.78, 5) is 29.2. The maximum Gasteiger partial charge on any atom is 0.254 e. The third-order valence-corrected chi connectivity index (χ3v) is 6.99. The van der Waals surface area contributed by atoms with Crippen LogP contribution in [-0.4, -0.2) is 45.2 Å². The Morgan fingerprint density at radius 3 is 2.83 bits per heavy atom. The third kappa shape index (κ3) is 4.52. The Morgan fingerprint density at radius 1 is 1.13 bits per heavy atom. The molecule has 0 saturated heterocycles. The maximum atomic E-state index is 12.9. The number of aryl methyl sites for hydroxylation is 2. The van der Waals surface area contributed by atoms with E-state index in [4.69, 9.17) is 4.74 Å². The molecule has 0 spiro atoms. The Labute approximate surface area is 181 Å². The van der Waals surface area contributed by atoms with Gasteiger partial charge in [0.25, 0.3) is 5.91 Å². The zero-order chi connectivity index (χ0) is 20.9. The zero-order valence-corrected chi connectivity index (χ0v) is 18.3. The molecule has 30 heavy (non-hydrogen) atoms. The summed E-state index contributed by atoms with van der Waals surface area (Å²) >= 11 is 1.56. The maximum absolute atomic E-state index is 12.9. The Bertz CT molecular complexity index is 924. The molecule has 0 saturated carbocycles. The second-order valence-electron chi connectivity index (χ2n) is 7.87. The molecular weight excluding hydrogens is 398 g/mol. The predicted molar refractivity (Wildman–Crippen MR) is 121 cm³/mol. The summed E-state index contributed by atoms with van der Waals surface area (Å²) < 4.78 is 5.04. The van der Waals surface area contributed by atoms with Gasteiger partial charge in [0.1, 0.15) is 5.00 Å². The summed E-state index contributed by atoms with van der Waals surface area (Å²) in [5.74, 6) is -0.193. The molecule has 1 aromatic heterocycles. The average molecular weight is 428 g/mol. The summed E-state index contributed by atoms with van der Waals surface area (Å²) in [5, 5.41) is 6.68. The van der Waals surface area contributed by atoms with Gasteiger partial charge < -0.3 is 20.3 Å². The minimum absolute atomic E-state index is 0.0729. The van der Waals surface area contributed by atoms with Gasteiger partial charge >= 0.3 is 0 Å². The Hall–Kier alpha value is -2.38. The van der Waals surface area contributed by atoms with Crippen LogP contribution in [0.1, 0.15) is 45.6 Å². The van der Waals surface area contributed by atoms with E-state index in [1.165, 1.54) is 10.4 Å². The van der Waals surface area contributed by atoms with Gasteiger partial charge in [0.2, 0.25) is 5.91 Å². The fourth-order valence-corrected chi connectivity index (χ4v) is 5.67. The molecule has 2 amide bonds. The van der Waals surface area contributed by atoms with Crippen LogP contribution in [0.25, 0.3) is 0 Å². The fourth-order valence-electron chi connectivity index (χ4n) is 4.36. The minimum Gasteiger partial charge on any atom is -0.383 e. The Balaban J connectivity index is 1.51. The summed E-state index contributed by atoms with van der Waals surface area (Å²) in [6, 6.07) is 8.29. The summed E-state index contributed by atoms with van der Waals surface area (Å²) in [7, 11) is 1.61. The van der Waals surface area contributed by atoms with E-state index in [0.29, 0.717) is 30.3 Å². The number of para-hydroxylation sites is 1. The second-order valence-corrected chi connectivity index (χ2v) is 8.97. The highest BCUT2D eigenvalue weighted by Crippen LogP contribution is 2.38. The van der Waals surface area contributed by atoms with Gasteiger partial charge in [0, 0.05) is 30.8 Å². The van der Waals surface area contributed by atoms with Crippen molar-refractivity contribution in [2.24, 2.45) is 0 Å². The SMILES string of the molecule is COCCNC(=O)c1c(NC(=O)CN2CCCc3ccccc32)sc2c1CCCC2. The van der Waals surface area contributed by atoms with Crippen molar-refractivity contribution in [1.82, 2.24) is 5.32 Å². The monoisotopic (exact) mass is 427 g/mol. The van der Waals surface area contributed by atoms with Gasteiger partial charge in [-0.15, -0.1) is 11.3 Å². The van der Waals surface area contributed by atoms with Crippen LogP contribution in [0.5, 0.6) is 0 Å². The second kappa shape index (κ2) is 9.62. The minimum atomic E-state index is -0.120. The number of hydrogen-bond acceptors (Lipinski definition) is 5. The number of methoxy groups -OCH3 is 1. The molecule has 2 heterocycles. The number of rotatable bonds is 7. The van der Waals surface area contributed by atoms with Crippen LogP contribution in [0.15, 0.2) is 24.3 Å². The van der Waals surface area contributed by atoms with Crippen LogP contribution < -0.4 is 15.5 Å². The van der Waals surface area contributed by atoms with Gasteiger partial charge in [-0.05, 0) is 55.7 Å². The molecular formula is C23H29N3O3S. The van der Waals surface area contributed by atoms with E-state index >= 15 is 0 Å². The largest absolute Gasteiger partial charge is 0.383 e. The first-order valence-electron chi connectivity index (χ1n) is 10.7. The van der Waals surface area contributed by atoms with Crippen molar-refractivity contribution in [1.29, 1.82) is 0 Å². The van der Waals surface area contributed by atoms with Gasteiger partial charge in [0.15, 0.2) is 0 Å². The summed E-state index contributed by atoms with van der Waals surface area (Å²) in [5.41, 5.74) is 4.20. The lowest BCUT2D eigenvalue weighted by atomic mass is 9.95. The van der Waals surface area contributed by atoms with Gasteiger partial charge in [-0.3, -0.25) is 9.59 Å². The molecule has 2 aromatic rings. The molecule has 0 bridgehead atoms. The number of nitrogens with zero attached hydrogens (tertiary/aromatic N) is 1. The van der Waals surface area contributed by atoms with Crippen LogP contribution in [0.3, 0.4) is 0 Å². The molecule has 2 N–H and O–H groups in total. The van der Waals surface area contributed by atoms with Gasteiger partial charge in [0.05, 0.1) is 18.7 Å². The molecule has 1 aromatic carbocycles. The first kappa shape index (κ1) is 20.9. The molecule has 0 radical (unpaired) electrons. The van der Waals surface area contributed by atoms with E-state index in [2.05, 4.69) is 27.7 Å². The lowest BCUT2D eigenvalue weighted by Gasteiger charge is -2.30. The highest BCUT2D eigenvalue weighted by atomic mass is 32.1. The fraction of sp³-hybridized carbons (Fsp3) is 0.478. The number of fused-ring (bicyclic) bond motifs is 2. The third-order valence-electron chi connectivity index (χ3n) is 5.78. The van der Waals surface area contributed by atoms with Crippen molar-refractivity contribution in [2.45, 2.75) is 38.5 Å². The first-order chi connectivity index (χ1) is 14.7. The van der Waals surface area contributed by atoms with Gasteiger partial charge in [-0.25, -0.2) is 0 Å². The molecule has 160 valence electrons. The van der Waals surface area contributed by atoms with Crippen molar-refractivity contribution in [3.05, 3.63) is 45.8 Å². The normalized spacial score (nSPS) is 15.3. The van der Waals surface area contributed by atoms with Gasteiger partial charge in [-0.2, -0.15) is 0 Å². The number of benzene rings is 1. The lowest BCUT2D eigenvalue weighted by Crippen LogP contribution is -2.37. The number of carbonyl (C=O) groups excluding carboxylic acids is 2. The molecule has 6 nitrogen and oxygen atoms in total. The number of amides is 2. The average Bonchev–Trinajstić information content (AvgIpc) is 3.12. The van der Waals surface area contributed by atoms with E-state index in [-0.39, 0.29) is 11.8 Å². The number of ether oxygens (including phenoxy) is 1. The van der Waals surface area contributed by atoms with Crippen molar-refractivity contribution >= 4 is 33.8 Å². The molecule has 0 fully saturated rings. The Kier molecular flexibility index (Phi) is 6.69. The van der Waals surface area contributed by atoms with E-state index in [0.717, 1.165) is 56.3 Å². The van der Waals surface area contributed by atoms with Crippen LogP contribution >= 0.6 is 11.3 Å². The van der Waals surface area contributed by atoms with Gasteiger partial charge in [-0.1, -0.05) is 18.2 Å². The zero-order valence-electron chi connectivity index (χ0n) is 17.5. The summed E-state index contributed by atoms with van der Waals surface area (Å²) in [6.07, 6.45) is 6.20. The van der Waals surface area contributed by atoms with E-state index < -0.39 is 0 Å². The highest BCUT2D eigenvalue weighted by molar-refractivity contribution is 7.17. The number of carbonyl (C=O) groups is 2. The molecule has 0 atom stereocenters. The molecule has 0 unspecified atom stereocenters. The molecule has 7 heteroatoms. The lowest BCUT2D eigenvalue weighted by molar-refractivity contribution is -0.115. The van der Waals surface area contributed by atoms with Crippen LogP contribution in [0.4, 0.5) is 10.7 Å². The Morgan fingerprint density at radius 2 is 1.97 bits per heavy atom.